The molecule has 0 bridgehead atoms. The number of aromatic amines is 1. The standard InChI is InChI=1S/C23H26N4O4S2/c1-4-14-8-17(31-16-6-7-21(25-12-16)33(3,29)30)9-15-10-19(27-22(14)15)23-26-13-18(32-23)11-20(28)24-5-2/h6-10,12,18,27H,4-5,11,13H2,1-3H3,(H,24,28). The van der Waals surface area contributed by atoms with Crippen LogP contribution >= 0.6 is 11.8 Å². The van der Waals surface area contributed by atoms with E-state index in [1.54, 1.807) is 17.8 Å². The zero-order chi connectivity index (χ0) is 23.6. The number of H-pyrrole nitrogens is 1. The van der Waals surface area contributed by atoms with E-state index in [1.807, 2.05) is 25.1 Å². The highest BCUT2D eigenvalue weighted by Gasteiger charge is 2.24. The molecule has 1 amide bonds. The minimum Gasteiger partial charge on any atom is -0.456 e. The molecule has 3 heterocycles. The Morgan fingerprint density at radius 3 is 2.73 bits per heavy atom. The fourth-order valence-electron chi connectivity index (χ4n) is 3.67. The van der Waals surface area contributed by atoms with Crippen molar-refractivity contribution in [3.05, 3.63) is 47.8 Å². The van der Waals surface area contributed by atoms with Gasteiger partial charge in [-0.3, -0.25) is 9.79 Å². The molecule has 2 N–H and O–H groups in total. The molecule has 1 aromatic carbocycles. The Kier molecular flexibility index (Phi) is 6.76. The first-order valence-electron chi connectivity index (χ1n) is 10.7. The Balaban J connectivity index is 1.54. The van der Waals surface area contributed by atoms with Gasteiger partial charge in [0.15, 0.2) is 14.9 Å². The number of aromatic nitrogens is 2. The number of amides is 1. The third-order valence-corrected chi connectivity index (χ3v) is 7.45. The topological polar surface area (TPSA) is 114 Å². The van der Waals surface area contributed by atoms with E-state index in [0.29, 0.717) is 31.0 Å². The molecular weight excluding hydrogens is 460 g/mol. The molecule has 2 aromatic heterocycles. The number of pyridine rings is 1. The number of sulfone groups is 1. The second kappa shape index (κ2) is 9.56. The van der Waals surface area contributed by atoms with E-state index >= 15 is 0 Å². The van der Waals surface area contributed by atoms with Crippen molar-refractivity contribution < 1.29 is 17.9 Å². The van der Waals surface area contributed by atoms with Crippen LogP contribution in [0.2, 0.25) is 0 Å². The summed E-state index contributed by atoms with van der Waals surface area (Å²) >= 11 is 1.63. The quantitative estimate of drug-likeness (QED) is 0.502. The lowest BCUT2D eigenvalue weighted by Crippen LogP contribution is -2.26. The molecule has 1 aliphatic heterocycles. The number of carbonyl (C=O) groups excluding carboxylic acids is 1. The molecule has 1 aliphatic rings. The molecule has 0 saturated heterocycles. The van der Waals surface area contributed by atoms with Crippen LogP contribution in [0.25, 0.3) is 10.9 Å². The van der Waals surface area contributed by atoms with Gasteiger partial charge in [0.05, 0.1) is 18.4 Å². The summed E-state index contributed by atoms with van der Waals surface area (Å²) < 4.78 is 29.2. The third kappa shape index (κ3) is 5.39. The van der Waals surface area contributed by atoms with Crippen LogP contribution in [0.3, 0.4) is 0 Å². The maximum absolute atomic E-state index is 11.9. The number of benzene rings is 1. The number of ether oxygens (including phenoxy) is 1. The second-order valence-corrected chi connectivity index (χ2v) is 11.1. The fourth-order valence-corrected chi connectivity index (χ4v) is 5.32. The van der Waals surface area contributed by atoms with Crippen molar-refractivity contribution in [3.63, 3.8) is 0 Å². The summed E-state index contributed by atoms with van der Waals surface area (Å²) in [6.45, 7) is 5.24. The Hall–Kier alpha value is -2.85. The second-order valence-electron chi connectivity index (χ2n) is 7.83. The molecule has 8 nitrogen and oxygen atoms in total. The lowest BCUT2D eigenvalue weighted by molar-refractivity contribution is -0.120. The first-order valence-corrected chi connectivity index (χ1v) is 13.5. The van der Waals surface area contributed by atoms with Crippen LogP contribution in [0, 0.1) is 0 Å². The van der Waals surface area contributed by atoms with Gasteiger partial charge in [-0.2, -0.15) is 0 Å². The van der Waals surface area contributed by atoms with E-state index in [-0.39, 0.29) is 16.2 Å². The number of nitrogens with one attached hydrogen (secondary N) is 2. The van der Waals surface area contributed by atoms with E-state index in [0.717, 1.165) is 39.9 Å². The average molecular weight is 487 g/mol. The number of thioether (sulfide) groups is 1. The van der Waals surface area contributed by atoms with Crippen molar-refractivity contribution in [3.8, 4) is 11.5 Å². The van der Waals surface area contributed by atoms with E-state index in [1.165, 1.54) is 12.3 Å². The number of hydrogen-bond donors (Lipinski definition) is 2. The van der Waals surface area contributed by atoms with Gasteiger partial charge in [-0.25, -0.2) is 13.4 Å². The van der Waals surface area contributed by atoms with Crippen LogP contribution in [0.5, 0.6) is 11.5 Å². The van der Waals surface area contributed by atoms with Crippen LogP contribution < -0.4 is 10.1 Å². The molecule has 0 spiro atoms. The summed E-state index contributed by atoms with van der Waals surface area (Å²) in [5.74, 6) is 1.16. The van der Waals surface area contributed by atoms with Crippen LogP contribution in [0.4, 0.5) is 0 Å². The molecule has 33 heavy (non-hydrogen) atoms. The molecule has 4 rings (SSSR count). The van der Waals surface area contributed by atoms with Crippen molar-refractivity contribution >= 4 is 43.5 Å². The van der Waals surface area contributed by atoms with Gasteiger partial charge in [0.1, 0.15) is 16.5 Å². The molecule has 0 radical (unpaired) electrons. The lowest BCUT2D eigenvalue weighted by Gasteiger charge is -2.09. The molecule has 174 valence electrons. The smallest absolute Gasteiger partial charge is 0.221 e. The minimum atomic E-state index is -3.36. The lowest BCUT2D eigenvalue weighted by atomic mass is 10.1. The molecular formula is C23H26N4O4S2. The third-order valence-electron chi connectivity index (χ3n) is 5.22. The van der Waals surface area contributed by atoms with Crippen LogP contribution in [0.1, 0.15) is 31.5 Å². The predicted octanol–water partition coefficient (Wildman–Crippen LogP) is 3.71. The Labute approximate surface area is 197 Å². The molecule has 0 fully saturated rings. The van der Waals surface area contributed by atoms with Crippen molar-refractivity contribution in [2.24, 2.45) is 4.99 Å². The van der Waals surface area contributed by atoms with Gasteiger partial charge in [-0.1, -0.05) is 18.7 Å². The number of carbonyl (C=O) groups is 1. The van der Waals surface area contributed by atoms with Crippen molar-refractivity contribution in [1.82, 2.24) is 15.3 Å². The number of aliphatic imine (C=N–C) groups is 1. The molecule has 10 heteroatoms. The number of hydrogen-bond acceptors (Lipinski definition) is 7. The van der Waals surface area contributed by atoms with Crippen molar-refractivity contribution in [2.45, 2.75) is 37.0 Å². The predicted molar refractivity (Wildman–Crippen MR) is 131 cm³/mol. The first-order chi connectivity index (χ1) is 15.8. The summed E-state index contributed by atoms with van der Waals surface area (Å²) in [4.78, 5) is 24.0. The van der Waals surface area contributed by atoms with Gasteiger partial charge in [-0.15, -0.1) is 0 Å². The zero-order valence-electron chi connectivity index (χ0n) is 18.7. The molecule has 1 unspecified atom stereocenters. The van der Waals surface area contributed by atoms with E-state index in [9.17, 15) is 13.2 Å². The summed E-state index contributed by atoms with van der Waals surface area (Å²) in [6, 6.07) is 8.98. The zero-order valence-corrected chi connectivity index (χ0v) is 20.3. The monoisotopic (exact) mass is 486 g/mol. The summed E-state index contributed by atoms with van der Waals surface area (Å²) in [6.07, 6.45) is 3.79. The Bertz CT molecular complexity index is 1310. The van der Waals surface area contributed by atoms with Crippen molar-refractivity contribution in [2.75, 3.05) is 19.3 Å². The molecule has 3 aromatic rings. The van der Waals surface area contributed by atoms with E-state index < -0.39 is 9.84 Å². The van der Waals surface area contributed by atoms with Gasteiger partial charge < -0.3 is 15.0 Å². The van der Waals surface area contributed by atoms with Crippen LogP contribution in [0.15, 0.2) is 46.5 Å². The van der Waals surface area contributed by atoms with Crippen LogP contribution in [-0.2, 0) is 21.1 Å². The number of aryl methyl sites for hydroxylation is 1. The van der Waals surface area contributed by atoms with Gasteiger partial charge in [-0.05, 0) is 49.2 Å². The molecule has 0 aliphatic carbocycles. The van der Waals surface area contributed by atoms with Gasteiger partial charge >= 0.3 is 0 Å². The maximum atomic E-state index is 11.9. The van der Waals surface area contributed by atoms with Gasteiger partial charge in [0.2, 0.25) is 5.91 Å². The number of rotatable bonds is 8. The largest absolute Gasteiger partial charge is 0.456 e. The van der Waals surface area contributed by atoms with Crippen LogP contribution in [-0.4, -0.2) is 53.9 Å². The van der Waals surface area contributed by atoms with Crippen molar-refractivity contribution in [1.29, 1.82) is 0 Å². The Morgan fingerprint density at radius 1 is 1.24 bits per heavy atom. The molecule has 0 saturated carbocycles. The summed E-state index contributed by atoms with van der Waals surface area (Å²) in [7, 11) is -3.36. The highest BCUT2D eigenvalue weighted by Crippen LogP contribution is 2.33. The summed E-state index contributed by atoms with van der Waals surface area (Å²) in [5.41, 5.74) is 3.05. The Morgan fingerprint density at radius 2 is 2.06 bits per heavy atom. The van der Waals surface area contributed by atoms with E-state index in [4.69, 9.17) is 4.74 Å². The summed E-state index contributed by atoms with van der Waals surface area (Å²) in [5, 5.41) is 4.90. The molecule has 1 atom stereocenters. The average Bonchev–Trinajstić information content (AvgIpc) is 3.40. The highest BCUT2D eigenvalue weighted by atomic mass is 32.2. The number of fused-ring (bicyclic) bond motifs is 1. The number of nitrogens with zero attached hydrogens (tertiary/aromatic N) is 2. The SMILES string of the molecule is CCNC(=O)CC1CN=C(c2cc3cc(Oc4ccc(S(C)(=O)=O)nc4)cc(CC)c3[nH]2)S1. The normalized spacial score (nSPS) is 16.1. The van der Waals surface area contributed by atoms with Gasteiger partial charge in [0, 0.05) is 35.4 Å². The highest BCUT2D eigenvalue weighted by molar-refractivity contribution is 8.15. The first kappa shape index (κ1) is 23.3. The maximum Gasteiger partial charge on any atom is 0.221 e. The van der Waals surface area contributed by atoms with E-state index in [2.05, 4.69) is 27.2 Å². The minimum absolute atomic E-state index is 0.00939. The van der Waals surface area contributed by atoms with Gasteiger partial charge in [0.25, 0.3) is 0 Å². The fraction of sp³-hybridized carbons (Fsp3) is 0.348.